The van der Waals surface area contributed by atoms with Gasteiger partial charge >= 0.3 is 0 Å². The summed E-state index contributed by atoms with van der Waals surface area (Å²) in [6.45, 7) is 3.60. The third-order valence-corrected chi connectivity index (χ3v) is 7.58. The Labute approximate surface area is 248 Å². The summed E-state index contributed by atoms with van der Waals surface area (Å²) in [5.74, 6) is 0.568. The molecule has 3 rings (SSSR count). The predicted molar refractivity (Wildman–Crippen MR) is 156 cm³/mol. The van der Waals surface area contributed by atoms with E-state index in [4.69, 9.17) is 16.3 Å². The molecule has 7 heteroatoms. The minimum atomic E-state index is -0.168. The van der Waals surface area contributed by atoms with Crippen LogP contribution in [0.5, 0.6) is 5.75 Å². The van der Waals surface area contributed by atoms with Gasteiger partial charge in [-0.1, -0.05) is 119 Å². The van der Waals surface area contributed by atoms with Gasteiger partial charge in [0.15, 0.2) is 12.7 Å². The highest BCUT2D eigenvalue weighted by Crippen LogP contribution is 2.28. The smallest absolute Gasteiger partial charge is 0.256 e. The van der Waals surface area contributed by atoms with Crippen LogP contribution in [0.2, 0.25) is 5.02 Å². The van der Waals surface area contributed by atoms with Gasteiger partial charge < -0.3 is 27.0 Å². The number of aromatic nitrogens is 1. The first-order valence-electron chi connectivity index (χ1n) is 13.9. The van der Waals surface area contributed by atoms with Crippen molar-refractivity contribution in [3.8, 4) is 5.75 Å². The third kappa shape index (κ3) is 11.9. The Hall–Kier alpha value is -1.89. The second-order valence-corrected chi connectivity index (χ2v) is 10.9. The highest BCUT2D eigenvalue weighted by Gasteiger charge is 2.16. The number of nitrogens with zero attached hydrogens (tertiary/aromatic N) is 1. The van der Waals surface area contributed by atoms with E-state index in [1.54, 1.807) is 17.4 Å². The van der Waals surface area contributed by atoms with Crippen molar-refractivity contribution in [3.63, 3.8) is 0 Å². The molecule has 0 bridgehead atoms. The Bertz CT molecular complexity index is 1060. The van der Waals surface area contributed by atoms with Crippen LogP contribution in [0, 0.1) is 0 Å². The molecule has 0 unspecified atom stereocenters. The van der Waals surface area contributed by atoms with Gasteiger partial charge in [-0.05, 0) is 24.6 Å². The SMILES string of the molecule is CCCCCCCCCCCCCCOc1ccc(NC(=O)c2ccccc2C[n+]2ccsc2)c(Cl)c1.[Br-]. The molecule has 0 aliphatic heterocycles. The molecule has 0 atom stereocenters. The number of benzene rings is 2. The van der Waals surface area contributed by atoms with Crippen LogP contribution in [0.4, 0.5) is 5.69 Å². The molecule has 4 nitrogen and oxygen atoms in total. The van der Waals surface area contributed by atoms with Gasteiger partial charge in [0.1, 0.15) is 5.75 Å². The molecule has 0 saturated carbocycles. The maximum absolute atomic E-state index is 13.0. The summed E-state index contributed by atoms with van der Waals surface area (Å²) in [7, 11) is 0. The molecule has 38 heavy (non-hydrogen) atoms. The molecule has 0 radical (unpaired) electrons. The van der Waals surface area contributed by atoms with Crippen LogP contribution in [0.15, 0.2) is 59.6 Å². The first kappa shape index (κ1) is 32.3. The fraction of sp³-hybridized carbons (Fsp3) is 0.484. The second-order valence-electron chi connectivity index (χ2n) is 9.69. The van der Waals surface area contributed by atoms with Crippen molar-refractivity contribution >= 4 is 34.5 Å². The maximum atomic E-state index is 13.0. The lowest BCUT2D eigenvalue weighted by molar-refractivity contribution is -0.683. The average Bonchev–Trinajstić information content (AvgIpc) is 3.42. The van der Waals surface area contributed by atoms with E-state index < -0.39 is 0 Å². The molecular formula is C31H42BrClN2O2S. The zero-order valence-electron chi connectivity index (χ0n) is 22.6. The van der Waals surface area contributed by atoms with Crippen molar-refractivity contribution in [2.24, 2.45) is 0 Å². The standard InChI is InChI=1S/C31H41ClN2O2S.BrH/c1-2-3-4-5-6-7-8-9-10-11-12-15-21-36-27-18-19-30(29(32)23-27)33-31(35)28-17-14-13-16-26(28)24-34-20-22-37-25-34;/h13-14,16-20,22-23,25H,2-12,15,21,24H2,1H3;1H. The van der Waals surface area contributed by atoms with Crippen LogP contribution in [0.1, 0.15) is 99.9 Å². The van der Waals surface area contributed by atoms with Gasteiger partial charge in [0.05, 0.1) is 22.7 Å². The summed E-state index contributed by atoms with van der Waals surface area (Å²) in [5, 5.41) is 5.45. The molecule has 3 aromatic rings. The van der Waals surface area contributed by atoms with Crippen molar-refractivity contribution in [1.29, 1.82) is 0 Å². The number of ether oxygens (including phenoxy) is 1. The van der Waals surface area contributed by atoms with E-state index >= 15 is 0 Å². The van der Waals surface area contributed by atoms with E-state index in [1.807, 2.05) is 53.5 Å². The second kappa shape index (κ2) is 19.2. The topological polar surface area (TPSA) is 42.2 Å². The normalized spacial score (nSPS) is 10.7. The van der Waals surface area contributed by atoms with E-state index in [1.165, 1.54) is 70.6 Å². The zero-order valence-corrected chi connectivity index (χ0v) is 25.8. The van der Waals surface area contributed by atoms with Gasteiger partial charge in [0.2, 0.25) is 5.51 Å². The van der Waals surface area contributed by atoms with Crippen LogP contribution < -0.4 is 31.6 Å². The number of hydrogen-bond donors (Lipinski definition) is 1. The quantitative estimate of drug-likeness (QED) is 0.138. The van der Waals surface area contributed by atoms with E-state index in [0.717, 1.165) is 17.7 Å². The summed E-state index contributed by atoms with van der Waals surface area (Å²) in [6, 6.07) is 13.1. The lowest BCUT2D eigenvalue weighted by atomic mass is 10.1. The number of nitrogens with one attached hydrogen (secondary N) is 1. The van der Waals surface area contributed by atoms with Gasteiger partial charge in [-0.2, -0.15) is 4.57 Å². The number of hydrogen-bond acceptors (Lipinski definition) is 3. The number of thiazole rings is 1. The fourth-order valence-corrected chi connectivity index (χ4v) is 5.25. The first-order chi connectivity index (χ1) is 18.2. The highest BCUT2D eigenvalue weighted by atomic mass is 79.9. The van der Waals surface area contributed by atoms with E-state index in [0.29, 0.717) is 29.4 Å². The van der Waals surface area contributed by atoms with Gasteiger partial charge in [0.25, 0.3) is 5.91 Å². The largest absolute Gasteiger partial charge is 1.00 e. The molecule has 0 aliphatic rings. The number of carbonyl (C=O) groups is 1. The Kier molecular flexibility index (Phi) is 16.3. The number of anilines is 1. The van der Waals surface area contributed by atoms with Crippen LogP contribution >= 0.6 is 22.9 Å². The molecular weight excluding hydrogens is 580 g/mol. The number of rotatable bonds is 18. The van der Waals surface area contributed by atoms with E-state index in [-0.39, 0.29) is 22.9 Å². The third-order valence-electron chi connectivity index (χ3n) is 6.60. The maximum Gasteiger partial charge on any atom is 0.256 e. The van der Waals surface area contributed by atoms with Gasteiger partial charge in [-0.3, -0.25) is 4.79 Å². The average molecular weight is 622 g/mol. The van der Waals surface area contributed by atoms with Crippen molar-refractivity contribution in [2.75, 3.05) is 11.9 Å². The molecule has 1 N–H and O–H groups in total. The molecule has 208 valence electrons. The number of unbranched alkanes of at least 4 members (excludes halogenated alkanes) is 11. The summed E-state index contributed by atoms with van der Waals surface area (Å²) < 4.78 is 7.96. The molecule has 0 fully saturated rings. The molecule has 0 aliphatic carbocycles. The Morgan fingerprint density at radius 1 is 0.921 bits per heavy atom. The van der Waals surface area contributed by atoms with E-state index in [9.17, 15) is 4.79 Å². The Morgan fingerprint density at radius 2 is 1.58 bits per heavy atom. The molecule has 1 aromatic heterocycles. The highest BCUT2D eigenvalue weighted by molar-refractivity contribution is 7.07. The van der Waals surface area contributed by atoms with Crippen LogP contribution in [-0.4, -0.2) is 12.5 Å². The van der Waals surface area contributed by atoms with Gasteiger partial charge in [-0.15, -0.1) is 0 Å². The van der Waals surface area contributed by atoms with Crippen molar-refractivity contribution in [3.05, 3.63) is 75.7 Å². The Morgan fingerprint density at radius 3 is 2.21 bits per heavy atom. The number of halogens is 2. The van der Waals surface area contributed by atoms with Gasteiger partial charge in [0, 0.05) is 17.2 Å². The summed E-state index contributed by atoms with van der Waals surface area (Å²) in [4.78, 5) is 13.0. The van der Waals surface area contributed by atoms with Crippen LogP contribution in [-0.2, 0) is 6.54 Å². The Balaban J connectivity index is 0.00000507. The minimum absolute atomic E-state index is 0. The zero-order chi connectivity index (χ0) is 26.1. The summed E-state index contributed by atoms with van der Waals surface area (Å²) in [6.07, 6.45) is 17.9. The van der Waals surface area contributed by atoms with Crippen molar-refractivity contribution in [1.82, 2.24) is 0 Å². The lowest BCUT2D eigenvalue weighted by Crippen LogP contribution is -3.00. The minimum Gasteiger partial charge on any atom is -1.00 e. The van der Waals surface area contributed by atoms with E-state index in [2.05, 4.69) is 16.8 Å². The number of carbonyl (C=O) groups excluding carboxylic acids is 1. The lowest BCUT2D eigenvalue weighted by Gasteiger charge is -2.12. The molecule has 1 amide bonds. The predicted octanol–water partition coefficient (Wildman–Crippen LogP) is 6.07. The van der Waals surface area contributed by atoms with Crippen LogP contribution in [0.3, 0.4) is 0 Å². The van der Waals surface area contributed by atoms with Crippen LogP contribution in [0.25, 0.3) is 0 Å². The van der Waals surface area contributed by atoms with Crippen molar-refractivity contribution < 1.29 is 31.1 Å². The monoisotopic (exact) mass is 620 g/mol. The van der Waals surface area contributed by atoms with Crippen molar-refractivity contribution in [2.45, 2.75) is 90.5 Å². The summed E-state index contributed by atoms with van der Waals surface area (Å²) in [5.41, 5.74) is 4.22. The van der Waals surface area contributed by atoms with Gasteiger partial charge in [-0.25, -0.2) is 0 Å². The molecule has 0 saturated heterocycles. The molecule has 0 spiro atoms. The molecule has 1 heterocycles. The fourth-order valence-electron chi connectivity index (χ4n) is 4.44. The summed E-state index contributed by atoms with van der Waals surface area (Å²) >= 11 is 8.10. The first-order valence-corrected chi connectivity index (χ1v) is 15.2. The number of amides is 1. The molecule has 2 aromatic carbocycles.